The molecule has 0 spiro atoms. The minimum atomic E-state index is -1.16. The molecule has 0 radical (unpaired) electrons. The molecule has 0 saturated heterocycles. The Morgan fingerprint density at radius 2 is 1.92 bits per heavy atom. The van der Waals surface area contributed by atoms with E-state index in [0.29, 0.717) is 17.8 Å². The molecule has 0 bridgehead atoms. The van der Waals surface area contributed by atoms with Crippen molar-refractivity contribution in [2.45, 2.75) is 84.3 Å². The molecule has 4 rings (SSSR count). The van der Waals surface area contributed by atoms with Crippen molar-refractivity contribution < 1.29 is 15.0 Å². The summed E-state index contributed by atoms with van der Waals surface area (Å²) in [5, 5.41) is 21.5. The van der Waals surface area contributed by atoms with Gasteiger partial charge in [0.1, 0.15) is 5.60 Å². The molecule has 0 amide bonds. The second-order valence-electron chi connectivity index (χ2n) is 10.1. The molecule has 3 heteroatoms. The van der Waals surface area contributed by atoms with Gasteiger partial charge >= 0.3 is 0 Å². The fourth-order valence-corrected chi connectivity index (χ4v) is 7.73. The quantitative estimate of drug-likeness (QED) is 0.709. The van der Waals surface area contributed by atoms with Gasteiger partial charge in [0.2, 0.25) is 0 Å². The molecule has 8 atom stereocenters. The van der Waals surface area contributed by atoms with Crippen LogP contribution >= 0.6 is 0 Å². The van der Waals surface area contributed by atoms with Gasteiger partial charge in [0.15, 0.2) is 5.78 Å². The summed E-state index contributed by atoms with van der Waals surface area (Å²) in [5.74, 6) is 1.64. The fourth-order valence-electron chi connectivity index (χ4n) is 7.73. The number of hydrogen-bond donors (Lipinski definition) is 2. The van der Waals surface area contributed by atoms with Crippen LogP contribution in [-0.2, 0) is 4.79 Å². The second kappa shape index (κ2) is 5.42. The highest BCUT2D eigenvalue weighted by atomic mass is 16.3. The maximum Gasteiger partial charge on any atom is 0.162 e. The Bertz CT molecular complexity index is 625. The number of rotatable bonds is 1. The molecule has 4 aliphatic carbocycles. The summed E-state index contributed by atoms with van der Waals surface area (Å²) in [6, 6.07) is 0. The number of hydrogen-bond acceptors (Lipinski definition) is 3. The van der Waals surface area contributed by atoms with E-state index in [1.807, 2.05) is 0 Å². The minimum absolute atomic E-state index is 0.0394. The molecule has 0 aromatic heterocycles. The van der Waals surface area contributed by atoms with Gasteiger partial charge in [-0.3, -0.25) is 4.79 Å². The number of carbonyl (C=O) groups excluding carboxylic acids is 1. The fraction of sp³-hybridized carbons (Fsp3) is 0.864. The Morgan fingerprint density at radius 1 is 1.20 bits per heavy atom. The van der Waals surface area contributed by atoms with Crippen molar-refractivity contribution >= 4 is 5.78 Å². The summed E-state index contributed by atoms with van der Waals surface area (Å²) >= 11 is 0. The minimum Gasteiger partial charge on any atom is -0.393 e. The summed E-state index contributed by atoms with van der Waals surface area (Å²) < 4.78 is 0. The van der Waals surface area contributed by atoms with Gasteiger partial charge in [-0.2, -0.15) is 0 Å². The van der Waals surface area contributed by atoms with Crippen LogP contribution in [0.5, 0.6) is 0 Å². The van der Waals surface area contributed by atoms with E-state index in [1.54, 1.807) is 6.92 Å². The number of Topliss-reactive ketones (excluding diaryl/α,β-unsaturated/α-hetero) is 1. The highest BCUT2D eigenvalue weighted by Gasteiger charge is 2.67. The van der Waals surface area contributed by atoms with Gasteiger partial charge in [-0.15, -0.1) is 0 Å². The maximum atomic E-state index is 12.4. The summed E-state index contributed by atoms with van der Waals surface area (Å²) in [6.45, 7) is 8.26. The number of allylic oxidation sites excluding steroid dienone is 1. The average molecular weight is 347 g/mol. The van der Waals surface area contributed by atoms with Crippen molar-refractivity contribution in [1.29, 1.82) is 0 Å². The largest absolute Gasteiger partial charge is 0.393 e. The lowest BCUT2D eigenvalue weighted by atomic mass is 9.46. The highest BCUT2D eigenvalue weighted by Crippen LogP contribution is 2.68. The van der Waals surface area contributed by atoms with Crippen LogP contribution in [0.15, 0.2) is 11.6 Å². The van der Waals surface area contributed by atoms with Gasteiger partial charge in [0, 0.05) is 5.41 Å². The zero-order valence-corrected chi connectivity index (χ0v) is 16.2. The van der Waals surface area contributed by atoms with Crippen LogP contribution < -0.4 is 0 Å². The SMILES string of the molecule is CC(=O)[C@@]1(O)[C@H](C)C[C@H]2[C@@H]3CC=C4C[C@@H](O)CC[C@]4(C)[C@@H]3CC[C@@]21C. The van der Waals surface area contributed by atoms with Gasteiger partial charge in [-0.25, -0.2) is 0 Å². The molecule has 4 aliphatic rings. The average Bonchev–Trinajstić information content (AvgIpc) is 2.77. The van der Waals surface area contributed by atoms with Gasteiger partial charge in [-0.1, -0.05) is 32.4 Å². The first-order valence-corrected chi connectivity index (χ1v) is 10.3. The van der Waals surface area contributed by atoms with Crippen LogP contribution in [0.2, 0.25) is 0 Å². The lowest BCUT2D eigenvalue weighted by Crippen LogP contribution is -2.58. The van der Waals surface area contributed by atoms with Crippen molar-refractivity contribution in [1.82, 2.24) is 0 Å². The van der Waals surface area contributed by atoms with E-state index >= 15 is 0 Å². The molecule has 25 heavy (non-hydrogen) atoms. The van der Waals surface area contributed by atoms with Crippen molar-refractivity contribution in [3.8, 4) is 0 Å². The first-order chi connectivity index (χ1) is 11.6. The maximum absolute atomic E-state index is 12.4. The van der Waals surface area contributed by atoms with Crippen molar-refractivity contribution in [2.75, 3.05) is 0 Å². The smallest absolute Gasteiger partial charge is 0.162 e. The van der Waals surface area contributed by atoms with Crippen LogP contribution in [0.3, 0.4) is 0 Å². The number of fused-ring (bicyclic) bond motifs is 5. The summed E-state index contributed by atoms with van der Waals surface area (Å²) in [4.78, 5) is 12.4. The Labute approximate surface area is 151 Å². The molecular formula is C22H34O3. The van der Waals surface area contributed by atoms with Gasteiger partial charge in [0.05, 0.1) is 6.10 Å². The molecule has 3 fully saturated rings. The molecule has 3 saturated carbocycles. The first-order valence-electron chi connectivity index (χ1n) is 10.3. The van der Waals surface area contributed by atoms with Crippen molar-refractivity contribution in [2.24, 2.45) is 34.5 Å². The van der Waals surface area contributed by atoms with Crippen LogP contribution in [0.4, 0.5) is 0 Å². The molecule has 140 valence electrons. The Morgan fingerprint density at radius 3 is 2.60 bits per heavy atom. The van der Waals surface area contributed by atoms with Crippen molar-refractivity contribution in [3.05, 3.63) is 11.6 Å². The number of aliphatic hydroxyl groups is 2. The van der Waals surface area contributed by atoms with Crippen LogP contribution in [0.1, 0.15) is 72.6 Å². The third-order valence-corrected chi connectivity index (χ3v) is 9.20. The van der Waals surface area contributed by atoms with E-state index in [-0.39, 0.29) is 28.6 Å². The zero-order valence-electron chi connectivity index (χ0n) is 16.2. The van der Waals surface area contributed by atoms with Crippen LogP contribution in [0.25, 0.3) is 0 Å². The van der Waals surface area contributed by atoms with Gasteiger partial charge in [0.25, 0.3) is 0 Å². The summed E-state index contributed by atoms with van der Waals surface area (Å²) in [6.07, 6.45) is 9.15. The highest BCUT2D eigenvalue weighted by molar-refractivity contribution is 5.86. The predicted molar refractivity (Wildman–Crippen MR) is 97.9 cm³/mol. The molecule has 0 aromatic carbocycles. The first kappa shape index (κ1) is 17.7. The number of carbonyl (C=O) groups is 1. The Kier molecular flexibility index (Phi) is 3.84. The molecule has 0 aliphatic heterocycles. The third kappa shape index (κ3) is 2.09. The van der Waals surface area contributed by atoms with Gasteiger partial charge < -0.3 is 10.2 Å². The normalized spacial score (nSPS) is 55.0. The molecular weight excluding hydrogens is 312 g/mol. The predicted octanol–water partition coefficient (Wildman–Crippen LogP) is 3.88. The summed E-state index contributed by atoms with van der Waals surface area (Å²) in [5.41, 5.74) is 0.249. The van der Waals surface area contributed by atoms with E-state index in [9.17, 15) is 15.0 Å². The van der Waals surface area contributed by atoms with Crippen LogP contribution in [-0.4, -0.2) is 27.7 Å². The van der Waals surface area contributed by atoms with E-state index in [2.05, 4.69) is 26.8 Å². The standard InChI is InChI=1S/C22H34O3/c1-13-11-19-17-6-5-15-12-16(24)7-9-20(15,3)18(17)8-10-21(19,4)22(13,25)14(2)23/h5,13,16-19,24-25H,6-12H2,1-4H3/t13-,16+,17-,18-,19+,20+,21+,22+/m1/s1. The van der Waals surface area contributed by atoms with E-state index in [4.69, 9.17) is 0 Å². The molecule has 0 aromatic rings. The zero-order chi connectivity index (χ0) is 18.2. The topological polar surface area (TPSA) is 57.5 Å². The molecule has 3 nitrogen and oxygen atoms in total. The Balaban J connectivity index is 1.72. The van der Waals surface area contributed by atoms with Crippen molar-refractivity contribution in [3.63, 3.8) is 0 Å². The number of aliphatic hydroxyl groups excluding tert-OH is 1. The molecule has 0 unspecified atom stereocenters. The Hall–Kier alpha value is -0.670. The lowest BCUT2D eigenvalue weighted by Gasteiger charge is -2.58. The van der Waals surface area contributed by atoms with Gasteiger partial charge in [-0.05, 0) is 81.0 Å². The van der Waals surface area contributed by atoms with E-state index < -0.39 is 5.60 Å². The third-order valence-electron chi connectivity index (χ3n) is 9.20. The lowest BCUT2D eigenvalue weighted by molar-refractivity contribution is -0.165. The summed E-state index contributed by atoms with van der Waals surface area (Å²) in [7, 11) is 0. The van der Waals surface area contributed by atoms with E-state index in [1.165, 1.54) is 5.57 Å². The van der Waals surface area contributed by atoms with Crippen LogP contribution in [0, 0.1) is 34.5 Å². The molecule has 2 N–H and O–H groups in total. The monoisotopic (exact) mass is 346 g/mol. The van der Waals surface area contributed by atoms with E-state index in [0.717, 1.165) is 44.9 Å². The molecule has 0 heterocycles. The second-order valence-corrected chi connectivity index (χ2v) is 10.1. The number of ketones is 1.